The van der Waals surface area contributed by atoms with E-state index in [4.69, 9.17) is 10.0 Å². The minimum absolute atomic E-state index is 0. The van der Waals surface area contributed by atoms with Crippen molar-refractivity contribution >= 4 is 7.32 Å². The summed E-state index contributed by atoms with van der Waals surface area (Å²) in [5.41, 5.74) is 0. The van der Waals surface area contributed by atoms with E-state index >= 15 is 0 Å². The zero-order valence-corrected chi connectivity index (χ0v) is 8.30. The van der Waals surface area contributed by atoms with E-state index in [0.717, 1.165) is 0 Å². The SMILES string of the molecule is OB(O)OF.[Gd].[Y]. The van der Waals surface area contributed by atoms with E-state index in [1.54, 1.807) is 0 Å². The molecule has 0 aromatic rings. The average Bonchev–Trinajstić information content (AvgIpc) is 1.38. The van der Waals surface area contributed by atoms with Crippen molar-refractivity contribution in [3.63, 3.8) is 0 Å². The fourth-order valence-electron chi connectivity index (χ4n) is 0. The van der Waals surface area contributed by atoms with Gasteiger partial charge < -0.3 is 10.0 Å². The van der Waals surface area contributed by atoms with Crippen molar-refractivity contribution in [1.82, 2.24) is 0 Å². The van der Waals surface area contributed by atoms with Crippen molar-refractivity contribution in [2.24, 2.45) is 0 Å². The fraction of sp³-hybridized carbons (Fsp3) is 0. The van der Waals surface area contributed by atoms with Gasteiger partial charge in [-0.2, -0.15) is 4.86 Å². The van der Waals surface area contributed by atoms with Crippen molar-refractivity contribution in [2.75, 3.05) is 0 Å². The second-order valence-electron chi connectivity index (χ2n) is 0.415. The second kappa shape index (κ2) is 11.1. The summed E-state index contributed by atoms with van der Waals surface area (Å²) < 4.78 is 10.1. The van der Waals surface area contributed by atoms with Gasteiger partial charge in [0.1, 0.15) is 0 Å². The smallest absolute Gasteiger partial charge is 0.400 e. The Bertz CT molecular complexity index is 28.9. The second-order valence-corrected chi connectivity index (χ2v) is 0.415. The molecule has 2 N–H and O–H groups in total. The molecule has 0 aliphatic carbocycles. The Morgan fingerprint density at radius 1 is 1.43 bits per heavy atom. The van der Waals surface area contributed by atoms with E-state index in [0.29, 0.717) is 0 Å². The molecule has 7 heavy (non-hydrogen) atoms. The van der Waals surface area contributed by atoms with Crippen LogP contribution in [0.4, 0.5) is 4.53 Å². The molecule has 1 radical (unpaired) electrons. The summed E-state index contributed by atoms with van der Waals surface area (Å²) in [5.74, 6) is 0. The van der Waals surface area contributed by atoms with Crippen LogP contribution in [0.15, 0.2) is 0 Å². The Balaban J connectivity index is -0.0000000800. The third-order valence-corrected chi connectivity index (χ3v) is 0.0797. The average molecular weight is 326 g/mol. The number of hydrogen-bond donors (Lipinski definition) is 2. The molecule has 0 aromatic heterocycles. The molecular weight excluding hydrogens is 324 g/mol. The Hall–Kier alpha value is 2.30. The summed E-state index contributed by atoms with van der Waals surface area (Å²) in [6, 6.07) is 0. The summed E-state index contributed by atoms with van der Waals surface area (Å²) >= 11 is 0. The van der Waals surface area contributed by atoms with E-state index in [2.05, 4.69) is 4.86 Å². The van der Waals surface area contributed by atoms with Gasteiger partial charge in [0.05, 0.1) is 0 Å². The van der Waals surface area contributed by atoms with Crippen molar-refractivity contribution < 1.29 is 92.1 Å². The summed E-state index contributed by atoms with van der Waals surface area (Å²) in [6.07, 6.45) is 0. The number of rotatable bonds is 1. The van der Waals surface area contributed by atoms with Crippen LogP contribution >= 0.6 is 0 Å². The molecule has 0 amide bonds. The van der Waals surface area contributed by atoms with Crippen LogP contribution in [0.25, 0.3) is 0 Å². The minimum Gasteiger partial charge on any atom is -0.400 e. The van der Waals surface area contributed by atoms with E-state index in [1.165, 1.54) is 0 Å². The van der Waals surface area contributed by atoms with Gasteiger partial charge in [0.25, 0.3) is 0 Å². The van der Waals surface area contributed by atoms with Gasteiger partial charge in [0, 0.05) is 72.6 Å². The first-order valence-corrected chi connectivity index (χ1v) is 0.906. The molecule has 7 heteroatoms. The van der Waals surface area contributed by atoms with E-state index in [-0.39, 0.29) is 72.6 Å². The van der Waals surface area contributed by atoms with E-state index in [9.17, 15) is 4.53 Å². The van der Waals surface area contributed by atoms with Gasteiger partial charge in [-0.25, -0.2) is 0 Å². The Morgan fingerprint density at radius 2 is 1.57 bits per heavy atom. The topological polar surface area (TPSA) is 49.7 Å². The van der Waals surface area contributed by atoms with Gasteiger partial charge in [0.2, 0.25) is 0 Å². The molecule has 3 nitrogen and oxygen atoms in total. The Labute approximate surface area is 97.6 Å². The van der Waals surface area contributed by atoms with Gasteiger partial charge in [0.15, 0.2) is 0 Å². The Morgan fingerprint density at radius 3 is 1.57 bits per heavy atom. The van der Waals surface area contributed by atoms with Gasteiger partial charge in [-0.15, -0.1) is 0 Å². The maximum Gasteiger partial charge on any atom is 0.667 e. The zero-order valence-electron chi connectivity index (χ0n) is 3.19. The molecule has 0 bridgehead atoms. The molecule has 0 saturated carbocycles. The monoisotopic (exact) mass is 327 g/mol. The van der Waals surface area contributed by atoms with Gasteiger partial charge in [-0.05, 0) is 0 Å². The molecule has 0 rings (SSSR count). The molecule has 0 unspecified atom stereocenters. The molecule has 0 fully saturated rings. The third kappa shape index (κ3) is 17.8. The minimum atomic E-state index is -2.28. The predicted molar refractivity (Wildman–Crippen MR) is 12.4 cm³/mol. The largest absolute Gasteiger partial charge is 0.667 e. The fourth-order valence-corrected chi connectivity index (χ4v) is 0. The molecule has 0 atom stereocenters. The molecular formula is H2BFGdO3Y. The standard InChI is InChI=1S/BFH2O3.Gd.Y/c2-5-1(3)4;;/h3-4H;;. The quantitative estimate of drug-likeness (QED) is 0.599. The molecule has 0 aromatic carbocycles. The van der Waals surface area contributed by atoms with Crippen LogP contribution in [-0.2, 0) is 37.6 Å². The van der Waals surface area contributed by atoms with Gasteiger partial charge in [-0.3, -0.25) is 0 Å². The zero-order chi connectivity index (χ0) is 4.28. The first kappa shape index (κ1) is 16.1. The summed E-state index contributed by atoms with van der Waals surface area (Å²) in [6.45, 7) is 0. The van der Waals surface area contributed by atoms with Crippen LogP contribution in [0.2, 0.25) is 0 Å². The molecule has 41 valence electrons. The molecule has 0 heterocycles. The van der Waals surface area contributed by atoms with E-state index in [1.807, 2.05) is 0 Å². The number of halogens is 1. The van der Waals surface area contributed by atoms with Crippen molar-refractivity contribution in [3.05, 3.63) is 0 Å². The Kier molecular flexibility index (Phi) is 25.7. The van der Waals surface area contributed by atoms with Crippen molar-refractivity contribution in [1.29, 1.82) is 0 Å². The predicted octanol–water partition coefficient (Wildman–Crippen LogP) is -1.15. The van der Waals surface area contributed by atoms with Crippen LogP contribution in [0.5, 0.6) is 0 Å². The summed E-state index contributed by atoms with van der Waals surface area (Å²) in [7, 11) is -2.28. The van der Waals surface area contributed by atoms with Gasteiger partial charge >= 0.3 is 7.32 Å². The molecule has 0 aliphatic heterocycles. The molecule has 0 saturated heterocycles. The first-order valence-electron chi connectivity index (χ1n) is 0.906. The maximum atomic E-state index is 10.1. The van der Waals surface area contributed by atoms with Crippen molar-refractivity contribution in [3.8, 4) is 0 Å². The summed E-state index contributed by atoms with van der Waals surface area (Å²) in [4.78, 5) is 2.36. The van der Waals surface area contributed by atoms with Crippen LogP contribution in [-0.4, -0.2) is 17.4 Å². The third-order valence-electron chi connectivity index (χ3n) is 0.0797. The van der Waals surface area contributed by atoms with Crippen molar-refractivity contribution in [2.45, 2.75) is 0 Å². The summed E-state index contributed by atoms with van der Waals surface area (Å²) in [5, 5.41) is 14.6. The van der Waals surface area contributed by atoms with E-state index < -0.39 is 7.32 Å². The molecule has 0 spiro atoms. The van der Waals surface area contributed by atoms with Gasteiger partial charge in [-0.1, -0.05) is 4.53 Å². The first-order chi connectivity index (χ1) is 2.27. The number of hydrogen-bond acceptors (Lipinski definition) is 3. The van der Waals surface area contributed by atoms with Crippen LogP contribution in [0.3, 0.4) is 0 Å². The normalized spacial score (nSPS) is 5.57. The van der Waals surface area contributed by atoms with Crippen LogP contribution < -0.4 is 0 Å². The van der Waals surface area contributed by atoms with Crippen LogP contribution in [0, 0.1) is 39.9 Å². The maximum absolute atomic E-state index is 10.1. The molecule has 0 aliphatic rings. The van der Waals surface area contributed by atoms with Crippen LogP contribution in [0.1, 0.15) is 0 Å².